The lowest BCUT2D eigenvalue weighted by molar-refractivity contribution is 0.136. The van der Waals surface area contributed by atoms with E-state index in [1.54, 1.807) is 30.3 Å². The fourth-order valence-corrected chi connectivity index (χ4v) is 1.15. The summed E-state index contributed by atoms with van der Waals surface area (Å²) >= 11 is 0. The molecule has 0 fully saturated rings. The van der Waals surface area contributed by atoms with E-state index in [2.05, 4.69) is 6.58 Å². The zero-order valence-corrected chi connectivity index (χ0v) is 7.64. The van der Waals surface area contributed by atoms with E-state index in [4.69, 9.17) is 0 Å². The molecule has 0 saturated carbocycles. The summed E-state index contributed by atoms with van der Waals surface area (Å²) in [5, 5.41) is 19.2. The molecule has 1 aromatic rings. The molecule has 0 aliphatic heterocycles. The van der Waals surface area contributed by atoms with Gasteiger partial charge in [-0.3, -0.25) is 0 Å². The predicted octanol–water partition coefficient (Wildman–Crippen LogP) is 2.25. The van der Waals surface area contributed by atoms with Crippen molar-refractivity contribution >= 4 is 0 Å². The molecule has 2 nitrogen and oxygen atoms in total. The normalized spacial score (nSPS) is 14.9. The summed E-state index contributed by atoms with van der Waals surface area (Å²) in [6.07, 6.45) is 0.982. The third-order valence-electron chi connectivity index (χ3n) is 2.13. The van der Waals surface area contributed by atoms with Crippen LogP contribution in [-0.4, -0.2) is 10.2 Å². The summed E-state index contributed by atoms with van der Waals surface area (Å²) < 4.78 is 0. The summed E-state index contributed by atoms with van der Waals surface area (Å²) in [6, 6.07) is 6.78. The zero-order valence-electron chi connectivity index (χ0n) is 7.64. The van der Waals surface area contributed by atoms with Gasteiger partial charge in [0, 0.05) is 11.5 Å². The van der Waals surface area contributed by atoms with Gasteiger partial charge in [0.25, 0.3) is 0 Å². The molecule has 2 atom stereocenters. The van der Waals surface area contributed by atoms with Gasteiger partial charge in [0.1, 0.15) is 5.75 Å². The van der Waals surface area contributed by atoms with Gasteiger partial charge in [0.05, 0.1) is 6.10 Å². The van der Waals surface area contributed by atoms with Crippen LogP contribution in [0.25, 0.3) is 0 Å². The Balaban J connectivity index is 2.94. The molecule has 0 aliphatic rings. The second-order valence-corrected chi connectivity index (χ2v) is 3.10. The third kappa shape index (κ3) is 2.10. The first kappa shape index (κ1) is 9.81. The molecule has 0 bridgehead atoms. The monoisotopic (exact) mass is 178 g/mol. The van der Waals surface area contributed by atoms with Crippen molar-refractivity contribution in [2.24, 2.45) is 5.92 Å². The van der Waals surface area contributed by atoms with E-state index in [0.717, 1.165) is 0 Å². The molecule has 0 saturated heterocycles. The number of aromatic hydroxyl groups is 1. The molecule has 0 heterocycles. The second-order valence-electron chi connectivity index (χ2n) is 3.10. The average molecular weight is 178 g/mol. The van der Waals surface area contributed by atoms with Gasteiger partial charge in [0.2, 0.25) is 0 Å². The summed E-state index contributed by atoms with van der Waals surface area (Å²) in [4.78, 5) is 0. The van der Waals surface area contributed by atoms with E-state index in [0.29, 0.717) is 5.56 Å². The molecular formula is C11H14O2. The maximum Gasteiger partial charge on any atom is 0.121 e. The molecule has 2 N–H and O–H groups in total. The number of phenolic OH excluding ortho intramolecular Hbond substituents is 1. The predicted molar refractivity (Wildman–Crippen MR) is 52.4 cm³/mol. The summed E-state index contributed by atoms with van der Waals surface area (Å²) in [7, 11) is 0. The lowest BCUT2D eigenvalue weighted by atomic mass is 9.97. The molecule has 0 spiro atoms. The van der Waals surface area contributed by atoms with Crippen molar-refractivity contribution in [1.82, 2.24) is 0 Å². The number of para-hydroxylation sites is 1. The van der Waals surface area contributed by atoms with Crippen molar-refractivity contribution < 1.29 is 10.2 Å². The largest absolute Gasteiger partial charge is 0.508 e. The first-order chi connectivity index (χ1) is 6.16. The maximum atomic E-state index is 9.74. The molecular weight excluding hydrogens is 164 g/mol. The van der Waals surface area contributed by atoms with E-state index < -0.39 is 6.10 Å². The molecule has 1 aromatic carbocycles. The van der Waals surface area contributed by atoms with Crippen molar-refractivity contribution in [3.05, 3.63) is 42.5 Å². The molecule has 0 amide bonds. The van der Waals surface area contributed by atoms with Crippen molar-refractivity contribution in [3.63, 3.8) is 0 Å². The lowest BCUT2D eigenvalue weighted by Gasteiger charge is -2.16. The van der Waals surface area contributed by atoms with Gasteiger partial charge < -0.3 is 10.2 Å². The van der Waals surface area contributed by atoms with E-state index in [1.807, 2.05) is 6.92 Å². The number of rotatable bonds is 3. The SMILES string of the molecule is C=C[C@@H](C)[C@@H](O)c1ccccc1O. The van der Waals surface area contributed by atoms with Gasteiger partial charge in [-0.05, 0) is 6.07 Å². The number of aliphatic hydroxyl groups is 1. The number of benzene rings is 1. The van der Waals surface area contributed by atoms with Gasteiger partial charge in [0.15, 0.2) is 0 Å². The topological polar surface area (TPSA) is 40.5 Å². The van der Waals surface area contributed by atoms with Crippen molar-refractivity contribution in [2.45, 2.75) is 13.0 Å². The Hall–Kier alpha value is -1.28. The third-order valence-corrected chi connectivity index (χ3v) is 2.13. The van der Waals surface area contributed by atoms with Crippen LogP contribution in [0.1, 0.15) is 18.6 Å². The molecule has 13 heavy (non-hydrogen) atoms. The summed E-state index contributed by atoms with van der Waals surface area (Å²) in [6.45, 7) is 5.45. The minimum Gasteiger partial charge on any atom is -0.508 e. The standard InChI is InChI=1S/C11H14O2/c1-3-8(2)11(13)9-6-4-5-7-10(9)12/h3-8,11-13H,1H2,2H3/t8-,11-/m1/s1. The van der Waals surface area contributed by atoms with Crippen LogP contribution in [0, 0.1) is 5.92 Å². The average Bonchev–Trinajstić information content (AvgIpc) is 2.16. The van der Waals surface area contributed by atoms with Gasteiger partial charge in [-0.2, -0.15) is 0 Å². The van der Waals surface area contributed by atoms with Crippen LogP contribution < -0.4 is 0 Å². The Labute approximate surface area is 78.2 Å². The quantitative estimate of drug-likeness (QED) is 0.697. The van der Waals surface area contributed by atoms with Crippen LogP contribution in [0.15, 0.2) is 36.9 Å². The second kappa shape index (κ2) is 4.10. The number of hydrogen-bond donors (Lipinski definition) is 2. The Morgan fingerprint density at radius 1 is 1.38 bits per heavy atom. The molecule has 0 radical (unpaired) electrons. The zero-order chi connectivity index (χ0) is 9.84. The maximum absolute atomic E-state index is 9.74. The van der Waals surface area contributed by atoms with Crippen LogP contribution in [0.2, 0.25) is 0 Å². The van der Waals surface area contributed by atoms with E-state index in [9.17, 15) is 10.2 Å². The number of aliphatic hydroxyl groups excluding tert-OH is 1. The highest BCUT2D eigenvalue weighted by atomic mass is 16.3. The molecule has 2 heteroatoms. The Morgan fingerprint density at radius 2 is 2.00 bits per heavy atom. The molecule has 70 valence electrons. The molecule has 0 unspecified atom stereocenters. The molecule has 1 rings (SSSR count). The lowest BCUT2D eigenvalue weighted by Crippen LogP contribution is -2.06. The van der Waals surface area contributed by atoms with E-state index in [-0.39, 0.29) is 11.7 Å². The fourth-order valence-electron chi connectivity index (χ4n) is 1.15. The van der Waals surface area contributed by atoms with Crippen molar-refractivity contribution in [1.29, 1.82) is 0 Å². The summed E-state index contributed by atoms with van der Waals surface area (Å²) in [5.74, 6) is 0.0667. The Bertz CT molecular complexity index is 294. The van der Waals surface area contributed by atoms with E-state index in [1.165, 1.54) is 0 Å². The fraction of sp³-hybridized carbons (Fsp3) is 0.273. The highest BCUT2D eigenvalue weighted by molar-refractivity contribution is 5.34. The van der Waals surface area contributed by atoms with E-state index >= 15 is 0 Å². The van der Waals surface area contributed by atoms with Gasteiger partial charge in [-0.1, -0.05) is 31.2 Å². The molecule has 0 aromatic heterocycles. The minimum atomic E-state index is -0.682. The number of phenols is 1. The van der Waals surface area contributed by atoms with Gasteiger partial charge in [-0.25, -0.2) is 0 Å². The highest BCUT2D eigenvalue weighted by Gasteiger charge is 2.15. The van der Waals surface area contributed by atoms with Crippen molar-refractivity contribution in [3.8, 4) is 5.75 Å². The first-order valence-electron chi connectivity index (χ1n) is 4.25. The molecule has 0 aliphatic carbocycles. The summed E-state index contributed by atoms with van der Waals surface area (Å²) in [5.41, 5.74) is 0.551. The van der Waals surface area contributed by atoms with Crippen LogP contribution in [0.4, 0.5) is 0 Å². The van der Waals surface area contributed by atoms with Crippen molar-refractivity contribution in [2.75, 3.05) is 0 Å². The first-order valence-corrected chi connectivity index (χ1v) is 4.25. The number of hydrogen-bond acceptors (Lipinski definition) is 2. The van der Waals surface area contributed by atoms with Crippen LogP contribution in [0.5, 0.6) is 5.75 Å². The minimum absolute atomic E-state index is 0.0618. The van der Waals surface area contributed by atoms with Crippen LogP contribution in [-0.2, 0) is 0 Å². The Kier molecular flexibility index (Phi) is 3.09. The van der Waals surface area contributed by atoms with Crippen LogP contribution in [0.3, 0.4) is 0 Å². The Morgan fingerprint density at radius 3 is 2.54 bits per heavy atom. The van der Waals surface area contributed by atoms with Gasteiger partial charge >= 0.3 is 0 Å². The van der Waals surface area contributed by atoms with Crippen LogP contribution >= 0.6 is 0 Å². The van der Waals surface area contributed by atoms with Gasteiger partial charge in [-0.15, -0.1) is 6.58 Å². The smallest absolute Gasteiger partial charge is 0.121 e. The highest BCUT2D eigenvalue weighted by Crippen LogP contribution is 2.29.